The maximum Gasteiger partial charge on any atom is 0.172 e. The first-order valence-electron chi connectivity index (χ1n) is 7.92. The second-order valence-electron chi connectivity index (χ2n) is 6.75. The number of hydrogen-bond donors (Lipinski definition) is 0. The Morgan fingerprint density at radius 2 is 2.33 bits per heavy atom. The van der Waals surface area contributed by atoms with E-state index >= 15 is 0 Å². The molecule has 0 spiro atoms. The lowest BCUT2D eigenvalue weighted by Crippen LogP contribution is -2.45. The molecule has 1 aliphatic carbocycles. The average molecular weight is 293 g/mol. The molecular weight excluding hydrogens is 266 g/mol. The lowest BCUT2D eigenvalue weighted by atomic mass is 9.75. The lowest BCUT2D eigenvalue weighted by Gasteiger charge is -2.37. The topological polar surface area (TPSA) is 57.0 Å². The number of methoxy groups -OCH3 is 1. The van der Waals surface area contributed by atoms with Gasteiger partial charge in [0.25, 0.3) is 0 Å². The van der Waals surface area contributed by atoms with Gasteiger partial charge in [0, 0.05) is 13.7 Å². The Morgan fingerprint density at radius 1 is 1.57 bits per heavy atom. The molecule has 2 rings (SSSR count). The highest BCUT2D eigenvalue weighted by molar-refractivity contribution is 5.88. The minimum Gasteiger partial charge on any atom is -0.370 e. The van der Waals surface area contributed by atoms with Crippen molar-refractivity contribution in [3.63, 3.8) is 0 Å². The zero-order chi connectivity index (χ0) is 15.5. The van der Waals surface area contributed by atoms with Crippen LogP contribution in [0.5, 0.6) is 0 Å². The highest BCUT2D eigenvalue weighted by Crippen LogP contribution is 2.36. The van der Waals surface area contributed by atoms with E-state index in [1.54, 1.807) is 7.11 Å². The van der Waals surface area contributed by atoms with E-state index in [0.29, 0.717) is 18.3 Å². The van der Waals surface area contributed by atoms with Crippen molar-refractivity contribution in [1.82, 2.24) is 14.8 Å². The van der Waals surface area contributed by atoms with Gasteiger partial charge in [-0.25, -0.2) is 9.67 Å². The maximum absolute atomic E-state index is 12.8. The van der Waals surface area contributed by atoms with Gasteiger partial charge in [0.05, 0.1) is 6.42 Å². The van der Waals surface area contributed by atoms with E-state index in [4.69, 9.17) is 4.74 Å². The third-order valence-corrected chi connectivity index (χ3v) is 4.41. The summed E-state index contributed by atoms with van der Waals surface area (Å²) in [4.78, 5) is 17.1. The smallest absolute Gasteiger partial charge is 0.172 e. The molecule has 2 atom stereocenters. The second-order valence-corrected chi connectivity index (χ2v) is 6.75. The van der Waals surface area contributed by atoms with Crippen LogP contribution in [0.1, 0.15) is 52.3 Å². The van der Waals surface area contributed by atoms with E-state index in [1.807, 2.05) is 4.68 Å². The van der Waals surface area contributed by atoms with E-state index in [0.717, 1.165) is 31.6 Å². The van der Waals surface area contributed by atoms with Crippen LogP contribution in [-0.4, -0.2) is 33.3 Å². The molecule has 0 saturated heterocycles. The van der Waals surface area contributed by atoms with Gasteiger partial charge in [0.1, 0.15) is 17.8 Å². The normalized spacial score (nSPS) is 26.2. The summed E-state index contributed by atoms with van der Waals surface area (Å²) < 4.78 is 7.52. The molecule has 1 aromatic rings. The van der Waals surface area contributed by atoms with Crippen molar-refractivity contribution in [3.8, 4) is 0 Å². The largest absolute Gasteiger partial charge is 0.370 e. The molecule has 5 heteroatoms. The van der Waals surface area contributed by atoms with Crippen LogP contribution in [0.3, 0.4) is 0 Å². The summed E-state index contributed by atoms with van der Waals surface area (Å²) in [5.74, 6) is 1.92. The van der Waals surface area contributed by atoms with Gasteiger partial charge < -0.3 is 4.74 Å². The fourth-order valence-electron chi connectivity index (χ4n) is 3.28. The number of carbonyl (C=O) groups is 1. The zero-order valence-corrected chi connectivity index (χ0v) is 13.6. The molecule has 0 radical (unpaired) electrons. The molecule has 2 unspecified atom stereocenters. The molecule has 0 aliphatic heterocycles. The molecular formula is C16H27N3O2. The molecule has 1 saturated carbocycles. The summed E-state index contributed by atoms with van der Waals surface area (Å²) >= 11 is 0. The highest BCUT2D eigenvalue weighted by atomic mass is 16.5. The Labute approximate surface area is 127 Å². The van der Waals surface area contributed by atoms with E-state index in [9.17, 15) is 4.79 Å². The van der Waals surface area contributed by atoms with Crippen LogP contribution in [0, 0.1) is 11.8 Å². The molecule has 1 fully saturated rings. The highest BCUT2D eigenvalue weighted by Gasteiger charge is 2.41. The lowest BCUT2D eigenvalue weighted by molar-refractivity contribution is -0.146. The standard InChI is InChI=1S/C16H27N3O2/c1-12(2)10-19-15(17-11-18-19)8-14(20)16(21-4)7-5-6-13(3)9-16/h11-13H,5-10H2,1-4H3. The zero-order valence-electron chi connectivity index (χ0n) is 13.6. The number of carbonyl (C=O) groups excluding carboxylic acids is 1. The summed E-state index contributed by atoms with van der Waals surface area (Å²) in [6.07, 6.45) is 5.73. The van der Waals surface area contributed by atoms with E-state index in [-0.39, 0.29) is 5.78 Å². The minimum atomic E-state index is -0.619. The van der Waals surface area contributed by atoms with E-state index < -0.39 is 5.60 Å². The van der Waals surface area contributed by atoms with Crippen molar-refractivity contribution in [3.05, 3.63) is 12.2 Å². The quantitative estimate of drug-likeness (QED) is 0.809. The van der Waals surface area contributed by atoms with Crippen molar-refractivity contribution >= 4 is 5.78 Å². The van der Waals surface area contributed by atoms with Gasteiger partial charge in [0.15, 0.2) is 5.78 Å². The number of rotatable bonds is 6. The van der Waals surface area contributed by atoms with Crippen molar-refractivity contribution in [2.75, 3.05) is 7.11 Å². The third-order valence-electron chi connectivity index (χ3n) is 4.41. The fraction of sp³-hybridized carbons (Fsp3) is 0.812. The Kier molecular flexibility index (Phi) is 5.14. The number of aromatic nitrogens is 3. The van der Waals surface area contributed by atoms with E-state index in [2.05, 4.69) is 30.9 Å². The Morgan fingerprint density at radius 3 is 2.95 bits per heavy atom. The Bertz CT molecular complexity index is 484. The molecule has 1 heterocycles. The van der Waals surface area contributed by atoms with Gasteiger partial charge in [-0.3, -0.25) is 4.79 Å². The number of hydrogen-bond acceptors (Lipinski definition) is 4. The molecule has 118 valence electrons. The van der Waals surface area contributed by atoms with Gasteiger partial charge in [0.2, 0.25) is 0 Å². The maximum atomic E-state index is 12.8. The summed E-state index contributed by atoms with van der Waals surface area (Å²) in [7, 11) is 1.66. The summed E-state index contributed by atoms with van der Waals surface area (Å²) in [5, 5.41) is 4.23. The van der Waals surface area contributed by atoms with Crippen LogP contribution < -0.4 is 0 Å². The predicted octanol–water partition coefficient (Wildman–Crippen LogP) is 2.64. The number of ether oxygens (including phenoxy) is 1. The molecule has 0 bridgehead atoms. The number of Topliss-reactive ketones (excluding diaryl/α,β-unsaturated/α-hetero) is 1. The molecule has 1 aliphatic rings. The first-order chi connectivity index (χ1) is 9.97. The number of nitrogens with zero attached hydrogens (tertiary/aromatic N) is 3. The molecule has 0 aromatic carbocycles. The van der Waals surface area contributed by atoms with Crippen LogP contribution in [-0.2, 0) is 22.5 Å². The Balaban J connectivity index is 2.11. The van der Waals surface area contributed by atoms with Crippen molar-refractivity contribution < 1.29 is 9.53 Å². The van der Waals surface area contributed by atoms with Crippen LogP contribution in [0.4, 0.5) is 0 Å². The summed E-state index contributed by atoms with van der Waals surface area (Å²) in [5.41, 5.74) is -0.619. The van der Waals surface area contributed by atoms with Gasteiger partial charge >= 0.3 is 0 Å². The molecule has 5 nitrogen and oxygen atoms in total. The monoisotopic (exact) mass is 293 g/mol. The van der Waals surface area contributed by atoms with Crippen LogP contribution >= 0.6 is 0 Å². The van der Waals surface area contributed by atoms with Gasteiger partial charge in [-0.05, 0) is 31.1 Å². The van der Waals surface area contributed by atoms with Crippen molar-refractivity contribution in [2.45, 2.75) is 65.0 Å². The van der Waals surface area contributed by atoms with E-state index in [1.165, 1.54) is 12.7 Å². The predicted molar refractivity (Wildman–Crippen MR) is 80.9 cm³/mol. The molecule has 1 aromatic heterocycles. The molecule has 0 amide bonds. The van der Waals surface area contributed by atoms with Crippen molar-refractivity contribution in [2.24, 2.45) is 11.8 Å². The van der Waals surface area contributed by atoms with Gasteiger partial charge in [-0.1, -0.05) is 27.2 Å². The third kappa shape index (κ3) is 3.70. The molecule has 0 N–H and O–H groups in total. The fourth-order valence-corrected chi connectivity index (χ4v) is 3.28. The molecule has 21 heavy (non-hydrogen) atoms. The first kappa shape index (κ1) is 16.1. The van der Waals surface area contributed by atoms with Crippen LogP contribution in [0.2, 0.25) is 0 Å². The van der Waals surface area contributed by atoms with Crippen LogP contribution in [0.15, 0.2) is 6.33 Å². The van der Waals surface area contributed by atoms with Gasteiger partial charge in [-0.15, -0.1) is 0 Å². The minimum absolute atomic E-state index is 0.148. The average Bonchev–Trinajstić information content (AvgIpc) is 2.85. The Hall–Kier alpha value is -1.23. The summed E-state index contributed by atoms with van der Waals surface area (Å²) in [6.45, 7) is 7.25. The van der Waals surface area contributed by atoms with Crippen LogP contribution in [0.25, 0.3) is 0 Å². The second kappa shape index (κ2) is 6.69. The van der Waals surface area contributed by atoms with Gasteiger partial charge in [-0.2, -0.15) is 5.10 Å². The first-order valence-corrected chi connectivity index (χ1v) is 7.92. The van der Waals surface area contributed by atoms with Crippen molar-refractivity contribution in [1.29, 1.82) is 0 Å². The number of ketones is 1. The summed E-state index contributed by atoms with van der Waals surface area (Å²) in [6, 6.07) is 0. The SMILES string of the molecule is COC1(C(=O)Cc2ncnn2CC(C)C)CCCC(C)C1.